The fraction of sp³-hybridized carbons (Fsp3) is 0.500. The van der Waals surface area contributed by atoms with Gasteiger partial charge < -0.3 is 15.0 Å². The van der Waals surface area contributed by atoms with Gasteiger partial charge in [-0.2, -0.15) is 0 Å². The van der Waals surface area contributed by atoms with Crippen LogP contribution < -0.4 is 5.32 Å². The van der Waals surface area contributed by atoms with Crippen molar-refractivity contribution in [2.24, 2.45) is 0 Å². The average Bonchev–Trinajstić information content (AvgIpc) is 2.48. The van der Waals surface area contributed by atoms with Crippen LogP contribution in [-0.2, 0) is 16.1 Å². The summed E-state index contributed by atoms with van der Waals surface area (Å²) < 4.78 is 5.09. The second-order valence-electron chi connectivity index (χ2n) is 4.86. The maximum absolute atomic E-state index is 11.8. The topological polar surface area (TPSA) is 84.7 Å². The molecule has 0 unspecified atom stereocenters. The molecule has 1 amide bonds. The monoisotopic (exact) mass is 293 g/mol. The van der Waals surface area contributed by atoms with Crippen LogP contribution in [0.3, 0.4) is 0 Å². The molecule has 7 heteroatoms. The van der Waals surface area contributed by atoms with Crippen LogP contribution in [0.5, 0.6) is 0 Å². The Hall–Kier alpha value is -2.15. The molecule has 1 saturated heterocycles. The lowest BCUT2D eigenvalue weighted by molar-refractivity contribution is -0.384. The van der Waals surface area contributed by atoms with Crippen molar-refractivity contribution in [1.82, 2.24) is 4.90 Å². The van der Waals surface area contributed by atoms with Crippen LogP contribution in [-0.4, -0.2) is 42.0 Å². The quantitative estimate of drug-likeness (QED) is 0.638. The summed E-state index contributed by atoms with van der Waals surface area (Å²) in [7, 11) is 0. The Balaban J connectivity index is 2.26. The van der Waals surface area contributed by atoms with Gasteiger partial charge in [-0.3, -0.25) is 14.9 Å². The number of nitrogens with zero attached hydrogens (tertiary/aromatic N) is 2. The van der Waals surface area contributed by atoms with Gasteiger partial charge in [0.15, 0.2) is 0 Å². The first-order valence-corrected chi connectivity index (χ1v) is 6.99. The fourth-order valence-electron chi connectivity index (χ4n) is 2.25. The summed E-state index contributed by atoms with van der Waals surface area (Å²) in [5, 5.41) is 14.3. The number of para-hydroxylation sites is 1. The van der Waals surface area contributed by atoms with E-state index in [9.17, 15) is 14.9 Å². The predicted molar refractivity (Wildman–Crippen MR) is 78.1 cm³/mol. The highest BCUT2D eigenvalue weighted by atomic mass is 16.6. The zero-order valence-corrected chi connectivity index (χ0v) is 12.0. The van der Waals surface area contributed by atoms with Crippen molar-refractivity contribution >= 4 is 17.3 Å². The van der Waals surface area contributed by atoms with E-state index >= 15 is 0 Å². The number of ether oxygens (including phenoxy) is 1. The van der Waals surface area contributed by atoms with Crippen LogP contribution in [0.15, 0.2) is 18.2 Å². The highest BCUT2D eigenvalue weighted by Crippen LogP contribution is 2.29. The number of carbonyl (C=O) groups excluding carboxylic acids is 1. The first-order valence-electron chi connectivity index (χ1n) is 6.99. The van der Waals surface area contributed by atoms with E-state index < -0.39 is 4.92 Å². The van der Waals surface area contributed by atoms with Crippen molar-refractivity contribution in [3.63, 3.8) is 0 Å². The van der Waals surface area contributed by atoms with Crippen LogP contribution in [0, 0.1) is 10.1 Å². The van der Waals surface area contributed by atoms with Gasteiger partial charge in [0.05, 0.1) is 11.5 Å². The van der Waals surface area contributed by atoms with Gasteiger partial charge >= 0.3 is 0 Å². The maximum Gasteiger partial charge on any atom is 0.292 e. The van der Waals surface area contributed by atoms with Crippen LogP contribution in [0.4, 0.5) is 11.4 Å². The predicted octanol–water partition coefficient (Wildman–Crippen LogP) is 1.78. The molecule has 0 saturated carbocycles. The molecular formula is C14H19N3O4. The molecule has 0 atom stereocenters. The number of nitrogens with one attached hydrogen (secondary N) is 1. The van der Waals surface area contributed by atoms with Crippen LogP contribution in [0.1, 0.15) is 18.9 Å². The van der Waals surface area contributed by atoms with Gasteiger partial charge in [0.25, 0.3) is 5.69 Å². The van der Waals surface area contributed by atoms with Gasteiger partial charge in [0.1, 0.15) is 12.3 Å². The molecule has 1 aromatic carbocycles. The van der Waals surface area contributed by atoms with E-state index in [0.29, 0.717) is 31.9 Å². The van der Waals surface area contributed by atoms with Crippen molar-refractivity contribution in [1.29, 1.82) is 0 Å². The zero-order valence-electron chi connectivity index (χ0n) is 12.0. The van der Waals surface area contributed by atoms with Crippen molar-refractivity contribution in [2.75, 3.05) is 31.6 Å². The molecule has 1 aromatic rings. The largest absolute Gasteiger partial charge is 0.379 e. The molecule has 1 aliphatic heterocycles. The number of amides is 1. The fourth-order valence-corrected chi connectivity index (χ4v) is 2.25. The summed E-state index contributed by atoms with van der Waals surface area (Å²) in [6, 6.07) is 4.94. The molecule has 114 valence electrons. The summed E-state index contributed by atoms with van der Waals surface area (Å²) in [4.78, 5) is 24.2. The van der Waals surface area contributed by atoms with E-state index in [1.165, 1.54) is 6.07 Å². The Morgan fingerprint density at radius 1 is 1.48 bits per heavy atom. The lowest BCUT2D eigenvalue weighted by atomic mass is 10.1. The van der Waals surface area contributed by atoms with Gasteiger partial charge in [0, 0.05) is 31.3 Å². The third-order valence-corrected chi connectivity index (χ3v) is 3.32. The Morgan fingerprint density at radius 3 is 2.95 bits per heavy atom. The van der Waals surface area contributed by atoms with E-state index in [-0.39, 0.29) is 18.2 Å². The Bertz CT molecular complexity index is 533. The average molecular weight is 293 g/mol. The van der Waals surface area contributed by atoms with Gasteiger partial charge in [-0.25, -0.2) is 0 Å². The SMILES string of the molecule is CCCNc1c(CN2CCOCC2=O)cccc1[N+](=O)[O-]. The molecule has 0 radical (unpaired) electrons. The number of benzene rings is 1. The minimum atomic E-state index is -0.400. The van der Waals surface area contributed by atoms with E-state index in [1.807, 2.05) is 13.0 Å². The van der Waals surface area contributed by atoms with Crippen LogP contribution >= 0.6 is 0 Å². The molecule has 1 heterocycles. The molecule has 1 fully saturated rings. The number of hydrogen-bond donors (Lipinski definition) is 1. The molecule has 2 rings (SSSR count). The minimum absolute atomic E-state index is 0.0432. The van der Waals surface area contributed by atoms with E-state index in [1.54, 1.807) is 11.0 Å². The van der Waals surface area contributed by atoms with Gasteiger partial charge in [0.2, 0.25) is 5.91 Å². The summed E-state index contributed by atoms with van der Waals surface area (Å²) in [6.07, 6.45) is 0.863. The molecule has 0 bridgehead atoms. The zero-order chi connectivity index (χ0) is 15.2. The van der Waals surface area contributed by atoms with Crippen molar-refractivity contribution in [3.05, 3.63) is 33.9 Å². The minimum Gasteiger partial charge on any atom is -0.379 e. The third kappa shape index (κ3) is 3.69. The number of morpholine rings is 1. The first kappa shape index (κ1) is 15.2. The van der Waals surface area contributed by atoms with Gasteiger partial charge in [-0.05, 0) is 6.42 Å². The lowest BCUT2D eigenvalue weighted by Gasteiger charge is -2.27. The Morgan fingerprint density at radius 2 is 2.29 bits per heavy atom. The third-order valence-electron chi connectivity index (χ3n) is 3.32. The molecule has 1 N–H and O–H groups in total. The summed E-state index contributed by atoms with van der Waals surface area (Å²) in [5.74, 6) is -0.0887. The molecular weight excluding hydrogens is 274 g/mol. The van der Waals surface area contributed by atoms with Gasteiger partial charge in [-0.15, -0.1) is 0 Å². The van der Waals surface area contributed by atoms with Crippen LogP contribution in [0.25, 0.3) is 0 Å². The van der Waals surface area contributed by atoms with Crippen molar-refractivity contribution in [3.8, 4) is 0 Å². The summed E-state index contributed by atoms with van der Waals surface area (Å²) >= 11 is 0. The molecule has 0 aromatic heterocycles. The van der Waals surface area contributed by atoms with Gasteiger partial charge in [-0.1, -0.05) is 19.1 Å². The molecule has 7 nitrogen and oxygen atoms in total. The highest BCUT2D eigenvalue weighted by molar-refractivity contribution is 5.78. The number of hydrogen-bond acceptors (Lipinski definition) is 5. The Kier molecular flexibility index (Phi) is 5.10. The van der Waals surface area contributed by atoms with Crippen molar-refractivity contribution in [2.45, 2.75) is 19.9 Å². The number of nitro benzene ring substituents is 1. The standard InChI is InChI=1S/C14H19N3O4/c1-2-6-15-14-11(4-3-5-12(14)17(19)20)9-16-7-8-21-10-13(16)18/h3-5,15H,2,6-10H2,1H3. The lowest BCUT2D eigenvalue weighted by Crippen LogP contribution is -2.41. The highest BCUT2D eigenvalue weighted by Gasteiger charge is 2.23. The Labute approximate surface area is 123 Å². The second-order valence-corrected chi connectivity index (χ2v) is 4.86. The first-order chi connectivity index (χ1) is 10.1. The number of rotatable bonds is 6. The molecule has 1 aliphatic rings. The summed E-state index contributed by atoms with van der Waals surface area (Å²) in [5.41, 5.74) is 1.30. The smallest absolute Gasteiger partial charge is 0.292 e. The van der Waals surface area contributed by atoms with E-state index in [4.69, 9.17) is 4.74 Å². The van der Waals surface area contributed by atoms with E-state index in [0.717, 1.165) is 12.0 Å². The maximum atomic E-state index is 11.8. The number of anilines is 1. The van der Waals surface area contributed by atoms with Crippen molar-refractivity contribution < 1.29 is 14.5 Å². The normalized spacial score (nSPS) is 15.1. The molecule has 21 heavy (non-hydrogen) atoms. The van der Waals surface area contributed by atoms with E-state index in [2.05, 4.69) is 5.32 Å². The molecule has 0 spiro atoms. The molecule has 0 aliphatic carbocycles. The van der Waals surface area contributed by atoms with Crippen LogP contribution in [0.2, 0.25) is 0 Å². The number of nitro groups is 1. The second kappa shape index (κ2) is 7.03. The summed E-state index contributed by atoms with van der Waals surface area (Å²) in [6.45, 7) is 4.08. The number of carbonyl (C=O) groups is 1.